The van der Waals surface area contributed by atoms with E-state index in [1.165, 1.54) is 7.11 Å². The molecule has 0 spiro atoms. The lowest BCUT2D eigenvalue weighted by molar-refractivity contribution is -0.156. The fraction of sp³-hybridized carbons (Fsp3) is 0.857. The molecule has 0 aromatic heterocycles. The summed E-state index contributed by atoms with van der Waals surface area (Å²) in [6.45, 7) is 11.2. The number of Topliss-reactive ketones (excluding diaryl/α,β-unsaturated/α-hetero) is 1. The highest BCUT2D eigenvalue weighted by molar-refractivity contribution is 5.96. The second-order valence-electron chi connectivity index (χ2n) is 10.1. The van der Waals surface area contributed by atoms with E-state index >= 15 is 0 Å². The number of methoxy groups -OCH3 is 2. The zero-order valence-electron chi connectivity index (χ0n) is 19.1. The molecule has 0 aliphatic heterocycles. The van der Waals surface area contributed by atoms with Crippen LogP contribution in [0.15, 0.2) is 0 Å². The standard InChI is InChI=1S/C21H38N2O6/c1-19(2,3)12-15(23-18(26)29-20(4,5)6)16(24)14-11-13(27-7)9-10-21(14,22)17(25)28-8/h13-15H,9-12,22H2,1-8H3,(H,23,26)/t13?,14?,15-,21?/m1/s1. The average Bonchev–Trinajstić information content (AvgIpc) is 2.57. The maximum atomic E-state index is 13.6. The summed E-state index contributed by atoms with van der Waals surface area (Å²) in [7, 11) is 2.83. The number of nitrogens with two attached hydrogens (primary N) is 1. The number of amides is 1. The fourth-order valence-corrected chi connectivity index (χ4v) is 3.71. The lowest BCUT2D eigenvalue weighted by Gasteiger charge is -2.42. The van der Waals surface area contributed by atoms with E-state index in [-0.39, 0.29) is 30.1 Å². The number of carbonyl (C=O) groups excluding carboxylic acids is 3. The predicted molar refractivity (Wildman–Crippen MR) is 109 cm³/mol. The summed E-state index contributed by atoms with van der Waals surface area (Å²) < 4.78 is 15.7. The van der Waals surface area contributed by atoms with Crippen molar-refractivity contribution in [2.45, 2.75) is 90.5 Å². The van der Waals surface area contributed by atoms with Gasteiger partial charge in [-0.25, -0.2) is 4.79 Å². The molecule has 0 saturated heterocycles. The summed E-state index contributed by atoms with van der Waals surface area (Å²) in [6.07, 6.45) is 0.606. The molecule has 4 atom stereocenters. The largest absolute Gasteiger partial charge is 0.468 e. The Morgan fingerprint density at radius 3 is 2.17 bits per heavy atom. The second kappa shape index (κ2) is 9.43. The Labute approximate surface area is 174 Å². The second-order valence-corrected chi connectivity index (χ2v) is 10.1. The molecule has 1 aliphatic carbocycles. The van der Waals surface area contributed by atoms with E-state index in [2.05, 4.69) is 5.32 Å². The van der Waals surface area contributed by atoms with E-state index in [1.54, 1.807) is 27.9 Å². The Kier molecular flexibility index (Phi) is 8.25. The van der Waals surface area contributed by atoms with Crippen LogP contribution < -0.4 is 11.1 Å². The molecule has 0 heterocycles. The number of esters is 1. The van der Waals surface area contributed by atoms with Gasteiger partial charge in [-0.05, 0) is 51.9 Å². The Morgan fingerprint density at radius 1 is 1.14 bits per heavy atom. The number of ether oxygens (including phenoxy) is 3. The number of nitrogens with one attached hydrogen (secondary N) is 1. The molecule has 168 valence electrons. The molecule has 3 N–H and O–H groups in total. The van der Waals surface area contributed by atoms with Crippen LogP contribution in [0.4, 0.5) is 4.79 Å². The highest BCUT2D eigenvalue weighted by atomic mass is 16.6. The van der Waals surface area contributed by atoms with Gasteiger partial charge in [-0.1, -0.05) is 20.8 Å². The minimum Gasteiger partial charge on any atom is -0.468 e. The molecule has 0 aromatic rings. The molecular formula is C21H38N2O6. The highest BCUT2D eigenvalue weighted by Crippen LogP contribution is 2.37. The van der Waals surface area contributed by atoms with Gasteiger partial charge >= 0.3 is 12.1 Å². The first-order valence-corrected chi connectivity index (χ1v) is 10.1. The first-order valence-electron chi connectivity index (χ1n) is 10.1. The summed E-state index contributed by atoms with van der Waals surface area (Å²) in [4.78, 5) is 38.4. The number of ketones is 1. The van der Waals surface area contributed by atoms with Crippen molar-refractivity contribution in [3.8, 4) is 0 Å². The van der Waals surface area contributed by atoms with Crippen LogP contribution in [0.3, 0.4) is 0 Å². The number of rotatable bonds is 6. The molecule has 1 amide bonds. The van der Waals surface area contributed by atoms with Crippen molar-refractivity contribution in [1.29, 1.82) is 0 Å². The van der Waals surface area contributed by atoms with Crippen molar-refractivity contribution in [3.63, 3.8) is 0 Å². The van der Waals surface area contributed by atoms with Crippen LogP contribution in [0.25, 0.3) is 0 Å². The van der Waals surface area contributed by atoms with Gasteiger partial charge in [0.2, 0.25) is 0 Å². The van der Waals surface area contributed by atoms with Gasteiger partial charge in [-0.15, -0.1) is 0 Å². The van der Waals surface area contributed by atoms with E-state index in [4.69, 9.17) is 19.9 Å². The minimum atomic E-state index is -1.45. The molecule has 1 rings (SSSR count). The summed E-state index contributed by atoms with van der Waals surface area (Å²) in [5, 5.41) is 2.70. The van der Waals surface area contributed by atoms with Crippen LogP contribution in [-0.4, -0.2) is 55.4 Å². The van der Waals surface area contributed by atoms with Crippen molar-refractivity contribution in [2.75, 3.05) is 14.2 Å². The van der Waals surface area contributed by atoms with Crippen LogP contribution in [0.5, 0.6) is 0 Å². The molecule has 8 heteroatoms. The minimum absolute atomic E-state index is 0.193. The van der Waals surface area contributed by atoms with Gasteiger partial charge in [0.25, 0.3) is 0 Å². The Hall–Kier alpha value is -1.67. The Balaban J connectivity index is 3.20. The molecule has 0 radical (unpaired) electrons. The van der Waals surface area contributed by atoms with Crippen molar-refractivity contribution < 1.29 is 28.6 Å². The summed E-state index contributed by atoms with van der Waals surface area (Å²) in [5.74, 6) is -1.77. The molecule has 0 bridgehead atoms. The van der Waals surface area contributed by atoms with Crippen LogP contribution in [0.2, 0.25) is 0 Å². The van der Waals surface area contributed by atoms with Crippen LogP contribution >= 0.6 is 0 Å². The van der Waals surface area contributed by atoms with Gasteiger partial charge in [-0.2, -0.15) is 0 Å². The van der Waals surface area contributed by atoms with Gasteiger partial charge < -0.3 is 25.3 Å². The number of alkyl carbamates (subject to hydrolysis) is 1. The van der Waals surface area contributed by atoms with E-state index in [0.717, 1.165) is 0 Å². The molecule has 8 nitrogen and oxygen atoms in total. The van der Waals surface area contributed by atoms with Gasteiger partial charge in [0, 0.05) is 7.11 Å². The van der Waals surface area contributed by atoms with Crippen LogP contribution in [-0.2, 0) is 23.8 Å². The lowest BCUT2D eigenvalue weighted by atomic mass is 9.68. The highest BCUT2D eigenvalue weighted by Gasteiger charge is 2.52. The third kappa shape index (κ3) is 7.26. The van der Waals surface area contributed by atoms with Crippen LogP contribution in [0.1, 0.15) is 67.2 Å². The van der Waals surface area contributed by atoms with Crippen molar-refractivity contribution >= 4 is 17.8 Å². The van der Waals surface area contributed by atoms with Crippen LogP contribution in [0, 0.1) is 11.3 Å². The summed E-state index contributed by atoms with van der Waals surface area (Å²) in [5.41, 5.74) is 4.01. The molecule has 0 aromatic carbocycles. The predicted octanol–water partition coefficient (Wildman–Crippen LogP) is 2.57. The maximum Gasteiger partial charge on any atom is 0.408 e. The van der Waals surface area contributed by atoms with E-state index < -0.39 is 35.2 Å². The molecular weight excluding hydrogens is 376 g/mol. The first kappa shape index (κ1) is 25.4. The molecule has 29 heavy (non-hydrogen) atoms. The smallest absolute Gasteiger partial charge is 0.408 e. The number of hydrogen-bond donors (Lipinski definition) is 2. The third-order valence-corrected chi connectivity index (χ3v) is 5.09. The number of hydrogen-bond acceptors (Lipinski definition) is 7. The zero-order valence-corrected chi connectivity index (χ0v) is 19.1. The Bertz CT molecular complexity index is 607. The maximum absolute atomic E-state index is 13.6. The van der Waals surface area contributed by atoms with Gasteiger partial charge in [0.05, 0.1) is 25.2 Å². The normalized spacial score (nSPS) is 26.4. The van der Waals surface area contributed by atoms with Gasteiger partial charge in [0.1, 0.15) is 11.1 Å². The van der Waals surface area contributed by atoms with Gasteiger partial charge in [0.15, 0.2) is 5.78 Å². The van der Waals surface area contributed by atoms with Gasteiger partial charge in [-0.3, -0.25) is 9.59 Å². The topological polar surface area (TPSA) is 117 Å². The number of carbonyl (C=O) groups is 3. The molecule has 1 aliphatic rings. The first-order chi connectivity index (χ1) is 13.1. The monoisotopic (exact) mass is 414 g/mol. The summed E-state index contributed by atoms with van der Waals surface area (Å²) in [6, 6.07) is -0.849. The van der Waals surface area contributed by atoms with Crippen molar-refractivity contribution in [2.24, 2.45) is 17.1 Å². The van der Waals surface area contributed by atoms with E-state index in [9.17, 15) is 14.4 Å². The third-order valence-electron chi connectivity index (χ3n) is 5.09. The molecule has 1 fully saturated rings. The summed E-state index contributed by atoms with van der Waals surface area (Å²) >= 11 is 0. The van der Waals surface area contributed by atoms with Crippen molar-refractivity contribution in [1.82, 2.24) is 5.32 Å². The van der Waals surface area contributed by atoms with Crippen molar-refractivity contribution in [3.05, 3.63) is 0 Å². The molecule has 3 unspecified atom stereocenters. The van der Waals surface area contributed by atoms with E-state index in [1.807, 2.05) is 20.8 Å². The SMILES string of the molecule is COC(=O)C1(N)CCC(OC)CC1C(=O)[C@@H](CC(C)(C)C)NC(=O)OC(C)(C)C. The quantitative estimate of drug-likeness (QED) is 0.642. The average molecular weight is 415 g/mol. The fourth-order valence-electron chi connectivity index (χ4n) is 3.71. The Morgan fingerprint density at radius 2 is 1.72 bits per heavy atom. The lowest BCUT2D eigenvalue weighted by Crippen LogP contribution is -2.63. The van der Waals surface area contributed by atoms with E-state index in [0.29, 0.717) is 12.8 Å². The zero-order chi connectivity index (χ0) is 22.6. The molecule has 1 saturated carbocycles.